The Balaban J connectivity index is 5.07. The fourth-order valence-electron chi connectivity index (χ4n) is 2.13. The van der Waals surface area contributed by atoms with Gasteiger partial charge < -0.3 is 5.73 Å². The highest BCUT2D eigenvalue weighted by Crippen LogP contribution is 2.37. The van der Waals surface area contributed by atoms with Crippen molar-refractivity contribution >= 4 is 0 Å². The van der Waals surface area contributed by atoms with Gasteiger partial charge in [0.1, 0.15) is 0 Å². The second-order valence-electron chi connectivity index (χ2n) is 5.66. The summed E-state index contributed by atoms with van der Waals surface area (Å²) in [6.07, 6.45) is 7.78. The van der Waals surface area contributed by atoms with Crippen molar-refractivity contribution in [1.82, 2.24) is 0 Å². The van der Waals surface area contributed by atoms with Crippen LogP contribution >= 0.6 is 0 Å². The van der Waals surface area contributed by atoms with Gasteiger partial charge in [-0.05, 0) is 49.6 Å². The minimum atomic E-state index is 0.172. The third kappa shape index (κ3) is 4.52. The Morgan fingerprint density at radius 1 is 1.25 bits per heavy atom. The van der Waals surface area contributed by atoms with Crippen molar-refractivity contribution in [3.63, 3.8) is 0 Å². The average molecular weight is 223 g/mol. The molecule has 0 aromatic rings. The van der Waals surface area contributed by atoms with E-state index < -0.39 is 0 Å². The minimum Gasteiger partial charge on any atom is -0.330 e. The summed E-state index contributed by atoms with van der Waals surface area (Å²) in [7, 11) is 0. The van der Waals surface area contributed by atoms with E-state index in [1.165, 1.54) is 12.0 Å². The predicted octanol–water partition coefficient (Wildman–Crippen LogP) is 4.16. The van der Waals surface area contributed by atoms with Crippen molar-refractivity contribution in [2.24, 2.45) is 23.0 Å². The maximum absolute atomic E-state index is 5.92. The second kappa shape index (κ2) is 6.90. The Hall–Kier alpha value is -0.560. The van der Waals surface area contributed by atoms with E-state index in [1.54, 1.807) is 0 Å². The van der Waals surface area contributed by atoms with E-state index in [-0.39, 0.29) is 5.41 Å². The molecule has 0 fully saturated rings. The van der Waals surface area contributed by atoms with Crippen LogP contribution in [-0.2, 0) is 0 Å². The molecule has 94 valence electrons. The Kier molecular flexibility index (Phi) is 6.66. The molecule has 1 nitrogen and oxygen atoms in total. The summed E-state index contributed by atoms with van der Waals surface area (Å²) in [5.74, 6) is 1.26. The zero-order valence-corrected chi connectivity index (χ0v) is 11.9. The predicted molar refractivity (Wildman–Crippen MR) is 74.4 cm³/mol. The van der Waals surface area contributed by atoms with Crippen LogP contribution in [0.15, 0.2) is 23.8 Å². The highest BCUT2D eigenvalue weighted by Gasteiger charge is 2.30. The molecule has 0 saturated heterocycles. The Bertz CT molecular complexity index is 246. The number of hydrogen-bond donors (Lipinski definition) is 1. The van der Waals surface area contributed by atoms with E-state index in [0.717, 1.165) is 6.54 Å². The maximum Gasteiger partial charge on any atom is -0.00200 e. The van der Waals surface area contributed by atoms with Gasteiger partial charge in [0.05, 0.1) is 0 Å². The quantitative estimate of drug-likeness (QED) is 0.672. The molecule has 0 aromatic carbocycles. The first-order chi connectivity index (χ1) is 7.38. The van der Waals surface area contributed by atoms with E-state index in [1.807, 2.05) is 0 Å². The highest BCUT2D eigenvalue weighted by molar-refractivity contribution is 5.23. The number of nitrogens with two attached hydrogens (primary N) is 1. The molecule has 0 aliphatic heterocycles. The van der Waals surface area contributed by atoms with Gasteiger partial charge in [-0.2, -0.15) is 0 Å². The topological polar surface area (TPSA) is 26.0 Å². The molecule has 0 amide bonds. The molecule has 2 N–H and O–H groups in total. The van der Waals surface area contributed by atoms with Gasteiger partial charge in [-0.3, -0.25) is 0 Å². The summed E-state index contributed by atoms with van der Waals surface area (Å²) in [6, 6.07) is 0. The summed E-state index contributed by atoms with van der Waals surface area (Å²) in [5, 5.41) is 0. The lowest BCUT2D eigenvalue weighted by molar-refractivity contribution is 0.227. The summed E-state index contributed by atoms with van der Waals surface area (Å²) < 4.78 is 0. The molecule has 0 aliphatic rings. The van der Waals surface area contributed by atoms with Gasteiger partial charge >= 0.3 is 0 Å². The smallest absolute Gasteiger partial charge is 0.00200 e. The third-order valence-electron chi connectivity index (χ3n) is 3.27. The molecule has 1 atom stereocenters. The average Bonchev–Trinajstić information content (AvgIpc) is 2.22. The summed E-state index contributed by atoms with van der Waals surface area (Å²) in [6.45, 7) is 14.0. The van der Waals surface area contributed by atoms with Crippen molar-refractivity contribution in [3.05, 3.63) is 23.8 Å². The van der Waals surface area contributed by atoms with Crippen LogP contribution in [0.2, 0.25) is 0 Å². The highest BCUT2D eigenvalue weighted by atomic mass is 14.6. The largest absolute Gasteiger partial charge is 0.330 e. The van der Waals surface area contributed by atoms with Crippen LogP contribution in [0, 0.1) is 17.3 Å². The van der Waals surface area contributed by atoms with E-state index in [4.69, 9.17) is 5.73 Å². The molecule has 0 saturated carbocycles. The van der Waals surface area contributed by atoms with Crippen LogP contribution in [0.1, 0.15) is 48.0 Å². The second-order valence-corrected chi connectivity index (χ2v) is 5.66. The Morgan fingerprint density at radius 2 is 1.81 bits per heavy atom. The maximum atomic E-state index is 5.92. The van der Waals surface area contributed by atoms with Crippen molar-refractivity contribution in [1.29, 1.82) is 0 Å². The van der Waals surface area contributed by atoms with Crippen molar-refractivity contribution < 1.29 is 0 Å². The Morgan fingerprint density at radius 3 is 2.12 bits per heavy atom. The van der Waals surface area contributed by atoms with Gasteiger partial charge in [0.25, 0.3) is 0 Å². The molecule has 1 unspecified atom stereocenters. The first-order valence-electron chi connectivity index (χ1n) is 6.38. The Labute approximate surface area is 102 Å². The molecule has 0 radical (unpaired) electrons. The lowest BCUT2D eigenvalue weighted by atomic mass is 9.70. The van der Waals surface area contributed by atoms with Gasteiger partial charge in [0.15, 0.2) is 0 Å². The molecule has 0 spiro atoms. The van der Waals surface area contributed by atoms with Gasteiger partial charge in [0, 0.05) is 0 Å². The lowest BCUT2D eigenvalue weighted by Gasteiger charge is -2.35. The standard InChI is InChI=1S/C15H29N/c1-7-9-13(8-2)14(10-12(3)4)15(5,6)11-16/h7-9,12,14H,10-11,16H2,1-6H3/b9-7-,13-8+. The SMILES string of the molecule is C/C=C\C(=C/C)C(CC(C)C)C(C)(C)CN. The number of hydrogen-bond acceptors (Lipinski definition) is 1. The normalized spacial score (nSPS) is 16.1. The number of rotatable bonds is 6. The van der Waals surface area contributed by atoms with Gasteiger partial charge in [-0.1, -0.05) is 45.9 Å². The first kappa shape index (κ1) is 15.4. The molecular formula is C15H29N. The summed E-state index contributed by atoms with van der Waals surface area (Å²) in [5.41, 5.74) is 7.52. The molecule has 0 aromatic heterocycles. The first-order valence-corrected chi connectivity index (χ1v) is 6.38. The molecule has 0 bridgehead atoms. The summed E-state index contributed by atoms with van der Waals surface area (Å²) >= 11 is 0. The molecule has 1 heteroatoms. The number of allylic oxidation sites excluding steroid dienone is 4. The summed E-state index contributed by atoms with van der Waals surface area (Å²) in [4.78, 5) is 0. The monoisotopic (exact) mass is 223 g/mol. The van der Waals surface area contributed by atoms with E-state index in [2.05, 4.69) is 59.8 Å². The molecule has 16 heavy (non-hydrogen) atoms. The molecular weight excluding hydrogens is 194 g/mol. The van der Waals surface area contributed by atoms with Gasteiger partial charge in [0.2, 0.25) is 0 Å². The molecule has 0 rings (SSSR count). The van der Waals surface area contributed by atoms with Crippen LogP contribution in [0.5, 0.6) is 0 Å². The van der Waals surface area contributed by atoms with Crippen molar-refractivity contribution in [2.45, 2.75) is 48.0 Å². The lowest BCUT2D eigenvalue weighted by Crippen LogP contribution is -2.34. The van der Waals surface area contributed by atoms with Gasteiger partial charge in [-0.25, -0.2) is 0 Å². The molecule has 0 aliphatic carbocycles. The van der Waals surface area contributed by atoms with Crippen LogP contribution in [-0.4, -0.2) is 6.54 Å². The zero-order chi connectivity index (χ0) is 12.8. The van der Waals surface area contributed by atoms with E-state index in [9.17, 15) is 0 Å². The molecule has 0 heterocycles. The minimum absolute atomic E-state index is 0.172. The van der Waals surface area contributed by atoms with Crippen LogP contribution in [0.4, 0.5) is 0 Å². The van der Waals surface area contributed by atoms with Crippen LogP contribution < -0.4 is 5.73 Å². The fraction of sp³-hybridized carbons (Fsp3) is 0.733. The van der Waals surface area contributed by atoms with E-state index >= 15 is 0 Å². The third-order valence-corrected chi connectivity index (χ3v) is 3.27. The van der Waals surface area contributed by atoms with Gasteiger partial charge in [-0.15, -0.1) is 0 Å². The van der Waals surface area contributed by atoms with E-state index in [0.29, 0.717) is 11.8 Å². The van der Waals surface area contributed by atoms with Crippen molar-refractivity contribution in [2.75, 3.05) is 6.54 Å². The van der Waals surface area contributed by atoms with Crippen molar-refractivity contribution in [3.8, 4) is 0 Å². The zero-order valence-electron chi connectivity index (χ0n) is 11.9. The van der Waals surface area contributed by atoms with Crippen LogP contribution in [0.25, 0.3) is 0 Å². The van der Waals surface area contributed by atoms with Crippen LogP contribution in [0.3, 0.4) is 0 Å². The fourth-order valence-corrected chi connectivity index (χ4v) is 2.13.